The summed E-state index contributed by atoms with van der Waals surface area (Å²) in [7, 11) is 1.54. The van der Waals surface area contributed by atoms with Gasteiger partial charge in [-0.2, -0.15) is 0 Å². The first kappa shape index (κ1) is 23.1. The molecule has 0 atom stereocenters. The van der Waals surface area contributed by atoms with Gasteiger partial charge >= 0.3 is 6.03 Å². The van der Waals surface area contributed by atoms with Crippen LogP contribution in [0.2, 0.25) is 0 Å². The number of methoxy groups -OCH3 is 1. The molecule has 7 heteroatoms. The first-order valence-corrected chi connectivity index (χ1v) is 11.1. The van der Waals surface area contributed by atoms with Gasteiger partial charge in [-0.25, -0.2) is 4.79 Å². The number of hydrogen-bond acceptors (Lipinski definition) is 4. The topological polar surface area (TPSA) is 61.9 Å². The summed E-state index contributed by atoms with van der Waals surface area (Å²) < 4.78 is 5.30. The average molecular weight is 450 g/mol. The number of thiophene rings is 1. The first-order valence-electron chi connectivity index (χ1n) is 10.2. The molecule has 2 aromatic carbocycles. The van der Waals surface area contributed by atoms with Crippen LogP contribution in [0.3, 0.4) is 0 Å². The monoisotopic (exact) mass is 449 g/mol. The zero-order chi connectivity index (χ0) is 22.8. The molecule has 1 heterocycles. The Morgan fingerprint density at radius 3 is 2.44 bits per heavy atom. The minimum atomic E-state index is -0.390. The molecule has 0 fully saturated rings. The molecule has 0 unspecified atom stereocenters. The van der Waals surface area contributed by atoms with E-state index in [1.807, 2.05) is 60.0 Å². The molecule has 6 nitrogen and oxygen atoms in total. The van der Waals surface area contributed by atoms with Gasteiger partial charge in [0, 0.05) is 18.0 Å². The van der Waals surface area contributed by atoms with Crippen LogP contribution in [0.25, 0.3) is 0 Å². The van der Waals surface area contributed by atoms with Crippen LogP contribution < -0.4 is 10.1 Å². The summed E-state index contributed by atoms with van der Waals surface area (Å²) >= 11 is 1.60. The lowest BCUT2D eigenvalue weighted by molar-refractivity contribution is -0.132. The third kappa shape index (κ3) is 6.46. The maximum Gasteiger partial charge on any atom is 0.322 e. The zero-order valence-corrected chi connectivity index (χ0v) is 18.9. The Morgan fingerprint density at radius 2 is 1.75 bits per heavy atom. The molecule has 0 aliphatic carbocycles. The number of benzene rings is 2. The highest BCUT2D eigenvalue weighted by molar-refractivity contribution is 7.09. The van der Waals surface area contributed by atoms with Gasteiger partial charge in [0.15, 0.2) is 0 Å². The van der Waals surface area contributed by atoms with E-state index in [4.69, 9.17) is 4.74 Å². The van der Waals surface area contributed by atoms with Crippen molar-refractivity contribution in [3.63, 3.8) is 0 Å². The van der Waals surface area contributed by atoms with Crippen LogP contribution in [0.1, 0.15) is 10.4 Å². The second kappa shape index (κ2) is 11.7. The van der Waals surface area contributed by atoms with Gasteiger partial charge in [0.25, 0.3) is 0 Å². The standard InChI is InChI=1S/C25H27N3O3S/c1-3-15-27(25(30)26-22-13-7-8-14-23(22)31-2)19-24(29)28(18-21-12-9-16-32-21)17-20-10-5-4-6-11-20/h3-14,16H,1,15,17-19H2,2H3,(H,26,30). The van der Waals surface area contributed by atoms with Crippen molar-refractivity contribution >= 4 is 29.0 Å². The van der Waals surface area contributed by atoms with Crippen LogP contribution in [0, 0.1) is 0 Å². The van der Waals surface area contributed by atoms with Crippen LogP contribution in [-0.4, -0.2) is 41.9 Å². The molecule has 0 aliphatic rings. The summed E-state index contributed by atoms with van der Waals surface area (Å²) in [6, 6.07) is 20.6. The fourth-order valence-corrected chi connectivity index (χ4v) is 3.93. The van der Waals surface area contributed by atoms with E-state index in [1.54, 1.807) is 41.6 Å². The number of ether oxygens (including phenoxy) is 1. The molecule has 0 bridgehead atoms. The van der Waals surface area contributed by atoms with Crippen molar-refractivity contribution in [1.29, 1.82) is 0 Å². The number of hydrogen-bond donors (Lipinski definition) is 1. The lowest BCUT2D eigenvalue weighted by atomic mass is 10.2. The van der Waals surface area contributed by atoms with Crippen molar-refractivity contribution in [2.75, 3.05) is 25.5 Å². The van der Waals surface area contributed by atoms with Gasteiger partial charge in [0.05, 0.1) is 19.3 Å². The Hall–Kier alpha value is -3.58. The molecule has 32 heavy (non-hydrogen) atoms. The van der Waals surface area contributed by atoms with E-state index >= 15 is 0 Å². The number of carbonyl (C=O) groups excluding carboxylic acids is 2. The van der Waals surface area contributed by atoms with E-state index in [1.165, 1.54) is 4.90 Å². The normalized spacial score (nSPS) is 10.3. The van der Waals surface area contributed by atoms with E-state index in [0.717, 1.165) is 10.4 Å². The fourth-order valence-electron chi connectivity index (χ4n) is 3.21. The van der Waals surface area contributed by atoms with Gasteiger partial charge < -0.3 is 19.9 Å². The van der Waals surface area contributed by atoms with Crippen LogP contribution in [0.4, 0.5) is 10.5 Å². The van der Waals surface area contributed by atoms with Gasteiger partial charge in [-0.1, -0.05) is 54.6 Å². The van der Waals surface area contributed by atoms with Gasteiger partial charge in [-0.05, 0) is 29.1 Å². The van der Waals surface area contributed by atoms with Crippen molar-refractivity contribution in [3.05, 3.63) is 95.2 Å². The summed E-state index contributed by atoms with van der Waals surface area (Å²) in [5.41, 5.74) is 1.58. The van der Waals surface area contributed by atoms with E-state index < -0.39 is 6.03 Å². The maximum absolute atomic E-state index is 13.3. The van der Waals surface area contributed by atoms with Crippen molar-refractivity contribution < 1.29 is 14.3 Å². The first-order chi connectivity index (χ1) is 15.6. The number of nitrogens with zero attached hydrogens (tertiary/aromatic N) is 2. The molecule has 166 valence electrons. The van der Waals surface area contributed by atoms with Crippen LogP contribution in [-0.2, 0) is 17.9 Å². The van der Waals surface area contributed by atoms with Crippen molar-refractivity contribution in [2.24, 2.45) is 0 Å². The summed E-state index contributed by atoms with van der Waals surface area (Å²) in [5.74, 6) is 0.411. The SMILES string of the molecule is C=CCN(CC(=O)N(Cc1ccccc1)Cc1cccs1)C(=O)Nc1ccccc1OC. The molecule has 1 aromatic heterocycles. The molecule has 0 saturated heterocycles. The van der Waals surface area contributed by atoms with Crippen molar-refractivity contribution in [3.8, 4) is 5.75 Å². The van der Waals surface area contributed by atoms with Crippen molar-refractivity contribution in [2.45, 2.75) is 13.1 Å². The van der Waals surface area contributed by atoms with Crippen LogP contribution in [0.15, 0.2) is 84.8 Å². The Labute approximate surface area is 192 Å². The lowest BCUT2D eigenvalue weighted by Crippen LogP contribution is -2.44. The molecule has 0 spiro atoms. The number of rotatable bonds is 10. The number of anilines is 1. The van der Waals surface area contributed by atoms with Gasteiger partial charge in [-0.15, -0.1) is 17.9 Å². The molecule has 3 amide bonds. The van der Waals surface area contributed by atoms with Gasteiger partial charge in [0.1, 0.15) is 12.3 Å². The Balaban J connectivity index is 1.74. The van der Waals surface area contributed by atoms with E-state index in [0.29, 0.717) is 24.5 Å². The van der Waals surface area contributed by atoms with Gasteiger partial charge in [0.2, 0.25) is 5.91 Å². The average Bonchev–Trinajstić information content (AvgIpc) is 3.32. The largest absolute Gasteiger partial charge is 0.495 e. The smallest absolute Gasteiger partial charge is 0.322 e. The number of nitrogens with one attached hydrogen (secondary N) is 1. The Morgan fingerprint density at radius 1 is 1.00 bits per heavy atom. The molecule has 0 saturated carbocycles. The molecule has 1 N–H and O–H groups in total. The van der Waals surface area contributed by atoms with Gasteiger partial charge in [-0.3, -0.25) is 4.79 Å². The predicted molar refractivity (Wildman–Crippen MR) is 129 cm³/mol. The summed E-state index contributed by atoms with van der Waals surface area (Å²) in [4.78, 5) is 30.5. The molecule has 0 aliphatic heterocycles. The summed E-state index contributed by atoms with van der Waals surface area (Å²) in [6.45, 7) is 4.86. The summed E-state index contributed by atoms with van der Waals surface area (Å²) in [5, 5.41) is 4.82. The number of para-hydroxylation sites is 2. The minimum absolute atomic E-state index is 0.0643. The number of carbonyl (C=O) groups is 2. The zero-order valence-electron chi connectivity index (χ0n) is 18.1. The maximum atomic E-state index is 13.3. The number of urea groups is 1. The van der Waals surface area contributed by atoms with E-state index in [9.17, 15) is 9.59 Å². The number of amides is 3. The van der Waals surface area contributed by atoms with E-state index in [2.05, 4.69) is 11.9 Å². The highest BCUT2D eigenvalue weighted by atomic mass is 32.1. The lowest BCUT2D eigenvalue weighted by Gasteiger charge is -2.27. The molecule has 3 rings (SSSR count). The highest BCUT2D eigenvalue weighted by Gasteiger charge is 2.22. The Kier molecular flexibility index (Phi) is 8.45. The summed E-state index contributed by atoms with van der Waals surface area (Å²) in [6.07, 6.45) is 1.61. The third-order valence-corrected chi connectivity index (χ3v) is 5.67. The molecule has 0 radical (unpaired) electrons. The van der Waals surface area contributed by atoms with Crippen LogP contribution in [0.5, 0.6) is 5.75 Å². The minimum Gasteiger partial charge on any atom is -0.495 e. The van der Waals surface area contributed by atoms with E-state index in [-0.39, 0.29) is 19.0 Å². The highest BCUT2D eigenvalue weighted by Crippen LogP contribution is 2.23. The van der Waals surface area contributed by atoms with Crippen molar-refractivity contribution in [1.82, 2.24) is 9.80 Å². The Bertz CT molecular complexity index is 1020. The van der Waals surface area contributed by atoms with Crippen LogP contribution >= 0.6 is 11.3 Å². The second-order valence-corrected chi connectivity index (χ2v) is 8.15. The quantitative estimate of drug-likeness (QED) is 0.443. The second-order valence-electron chi connectivity index (χ2n) is 7.11. The molecule has 3 aromatic rings. The molecular weight excluding hydrogens is 422 g/mol. The predicted octanol–water partition coefficient (Wildman–Crippen LogP) is 5.01. The molecular formula is C25H27N3O3S. The fraction of sp³-hybridized carbons (Fsp3) is 0.200. The third-order valence-electron chi connectivity index (χ3n) is 4.81.